The third-order valence-corrected chi connectivity index (χ3v) is 5.61. The molecule has 2 aliphatic heterocycles. The first kappa shape index (κ1) is 16.1. The summed E-state index contributed by atoms with van der Waals surface area (Å²) in [4.78, 5) is 29.0. The minimum atomic E-state index is -0.514. The zero-order valence-electron chi connectivity index (χ0n) is 14.3. The largest absolute Gasteiger partial charge is 0.330 e. The Morgan fingerprint density at radius 2 is 1.76 bits per heavy atom. The molecule has 1 saturated carbocycles. The van der Waals surface area contributed by atoms with E-state index in [1.165, 1.54) is 23.5 Å². The van der Waals surface area contributed by atoms with Crippen molar-refractivity contribution in [2.45, 2.75) is 44.2 Å². The fraction of sp³-hybridized carbons (Fsp3) is 0.474. The number of urea groups is 1. The highest BCUT2D eigenvalue weighted by Crippen LogP contribution is 2.38. The number of carbonyl (C=O) groups excluding carboxylic acids is 2. The lowest BCUT2D eigenvalue weighted by atomic mass is 9.93. The van der Waals surface area contributed by atoms with Crippen LogP contribution in [-0.2, 0) is 4.79 Å². The summed E-state index contributed by atoms with van der Waals surface area (Å²) in [6.07, 6.45) is 5.57. The standard InChI is InChI=1S/C19H22FN3O2/c1-22-15-11-23(14-5-3-2-4-6-14)18(24)16(15)17(21-19(22)25)12-7-9-13(20)10-8-12/h7-10,14,17H,2-6,11H2,1H3,(H,21,25)/t17-/m0/s1. The Hall–Kier alpha value is -2.37. The third-order valence-electron chi connectivity index (χ3n) is 5.61. The van der Waals surface area contributed by atoms with Crippen LogP contribution in [0.2, 0.25) is 0 Å². The van der Waals surface area contributed by atoms with Gasteiger partial charge in [-0.3, -0.25) is 9.69 Å². The number of amides is 3. The van der Waals surface area contributed by atoms with Gasteiger partial charge in [0.15, 0.2) is 0 Å². The first-order chi connectivity index (χ1) is 12.1. The quantitative estimate of drug-likeness (QED) is 0.898. The molecule has 132 valence electrons. The van der Waals surface area contributed by atoms with Gasteiger partial charge in [0.25, 0.3) is 5.91 Å². The molecule has 1 atom stereocenters. The van der Waals surface area contributed by atoms with Crippen LogP contribution >= 0.6 is 0 Å². The van der Waals surface area contributed by atoms with Gasteiger partial charge >= 0.3 is 6.03 Å². The molecule has 6 heteroatoms. The van der Waals surface area contributed by atoms with Crippen molar-refractivity contribution < 1.29 is 14.0 Å². The maximum absolute atomic E-state index is 13.3. The Labute approximate surface area is 146 Å². The molecule has 25 heavy (non-hydrogen) atoms. The molecule has 4 rings (SSSR count). The minimum Gasteiger partial charge on any atom is -0.330 e. The van der Waals surface area contributed by atoms with E-state index in [4.69, 9.17) is 0 Å². The van der Waals surface area contributed by atoms with Crippen molar-refractivity contribution >= 4 is 11.9 Å². The van der Waals surface area contributed by atoms with Crippen molar-refractivity contribution in [1.82, 2.24) is 15.1 Å². The molecule has 0 bridgehead atoms. The van der Waals surface area contributed by atoms with Gasteiger partial charge in [0.2, 0.25) is 0 Å². The van der Waals surface area contributed by atoms with Crippen molar-refractivity contribution in [2.24, 2.45) is 0 Å². The number of carbonyl (C=O) groups is 2. The molecule has 3 aliphatic rings. The van der Waals surface area contributed by atoms with Crippen LogP contribution in [0.5, 0.6) is 0 Å². The summed E-state index contributed by atoms with van der Waals surface area (Å²) >= 11 is 0. The lowest BCUT2D eigenvalue weighted by molar-refractivity contribution is -0.128. The van der Waals surface area contributed by atoms with Gasteiger partial charge in [-0.15, -0.1) is 0 Å². The lowest BCUT2D eigenvalue weighted by Crippen LogP contribution is -2.45. The van der Waals surface area contributed by atoms with Gasteiger partial charge in [-0.05, 0) is 30.5 Å². The maximum atomic E-state index is 13.3. The van der Waals surface area contributed by atoms with Gasteiger partial charge in [0, 0.05) is 13.1 Å². The highest BCUT2D eigenvalue weighted by molar-refractivity contribution is 6.01. The Balaban J connectivity index is 1.69. The van der Waals surface area contributed by atoms with Gasteiger partial charge in [-0.1, -0.05) is 31.4 Å². The Morgan fingerprint density at radius 3 is 2.44 bits per heavy atom. The molecule has 0 unspecified atom stereocenters. The van der Waals surface area contributed by atoms with E-state index in [2.05, 4.69) is 5.32 Å². The van der Waals surface area contributed by atoms with E-state index in [-0.39, 0.29) is 23.8 Å². The third kappa shape index (κ3) is 2.69. The summed E-state index contributed by atoms with van der Waals surface area (Å²) in [7, 11) is 1.70. The summed E-state index contributed by atoms with van der Waals surface area (Å²) < 4.78 is 13.3. The normalized spacial score (nSPS) is 24.6. The van der Waals surface area contributed by atoms with E-state index in [0.717, 1.165) is 36.9 Å². The highest BCUT2D eigenvalue weighted by Gasteiger charge is 2.44. The van der Waals surface area contributed by atoms with Gasteiger partial charge < -0.3 is 10.2 Å². The summed E-state index contributed by atoms with van der Waals surface area (Å²) in [5, 5.41) is 2.89. The van der Waals surface area contributed by atoms with Crippen LogP contribution in [-0.4, -0.2) is 41.4 Å². The Bertz CT molecular complexity index is 738. The number of benzene rings is 1. The Morgan fingerprint density at radius 1 is 1.08 bits per heavy atom. The van der Waals surface area contributed by atoms with E-state index >= 15 is 0 Å². The number of halogens is 1. The number of nitrogens with one attached hydrogen (secondary N) is 1. The molecule has 1 aliphatic carbocycles. The molecule has 1 aromatic rings. The predicted octanol–water partition coefficient (Wildman–Crippen LogP) is 2.95. The van der Waals surface area contributed by atoms with Crippen molar-refractivity contribution in [3.05, 3.63) is 46.9 Å². The van der Waals surface area contributed by atoms with Crippen LogP contribution in [0.15, 0.2) is 35.5 Å². The molecule has 0 radical (unpaired) electrons. The second-order valence-electron chi connectivity index (χ2n) is 7.08. The van der Waals surface area contributed by atoms with Crippen molar-refractivity contribution in [3.63, 3.8) is 0 Å². The number of rotatable bonds is 2. The van der Waals surface area contributed by atoms with Gasteiger partial charge in [-0.25, -0.2) is 9.18 Å². The van der Waals surface area contributed by atoms with Crippen molar-refractivity contribution in [3.8, 4) is 0 Å². The van der Waals surface area contributed by atoms with Crippen LogP contribution in [0.3, 0.4) is 0 Å². The Kier molecular flexibility index (Phi) is 3.98. The predicted molar refractivity (Wildman–Crippen MR) is 91.0 cm³/mol. The highest BCUT2D eigenvalue weighted by atomic mass is 19.1. The number of hydrogen-bond donors (Lipinski definition) is 1. The molecular weight excluding hydrogens is 321 g/mol. The van der Waals surface area contributed by atoms with Gasteiger partial charge in [-0.2, -0.15) is 0 Å². The average molecular weight is 343 g/mol. The molecular formula is C19H22FN3O2. The van der Waals surface area contributed by atoms with Crippen LogP contribution in [0.1, 0.15) is 43.7 Å². The summed E-state index contributed by atoms with van der Waals surface area (Å²) in [6.45, 7) is 0.487. The summed E-state index contributed by atoms with van der Waals surface area (Å²) in [5.41, 5.74) is 2.13. The van der Waals surface area contributed by atoms with Crippen molar-refractivity contribution in [1.29, 1.82) is 0 Å². The number of hydrogen-bond acceptors (Lipinski definition) is 2. The van der Waals surface area contributed by atoms with Crippen LogP contribution in [0.25, 0.3) is 0 Å². The van der Waals surface area contributed by atoms with Gasteiger partial charge in [0.05, 0.1) is 23.9 Å². The minimum absolute atomic E-state index is 0.00285. The molecule has 0 spiro atoms. The second kappa shape index (κ2) is 6.17. The molecule has 3 amide bonds. The van der Waals surface area contributed by atoms with E-state index < -0.39 is 6.04 Å². The fourth-order valence-corrected chi connectivity index (χ4v) is 4.18. The van der Waals surface area contributed by atoms with Gasteiger partial charge in [0.1, 0.15) is 5.82 Å². The monoisotopic (exact) mass is 343 g/mol. The molecule has 2 heterocycles. The molecule has 5 nitrogen and oxygen atoms in total. The first-order valence-electron chi connectivity index (χ1n) is 8.90. The zero-order chi connectivity index (χ0) is 17.6. The molecule has 0 saturated heterocycles. The van der Waals surface area contributed by atoms with E-state index in [1.54, 1.807) is 19.2 Å². The number of likely N-dealkylation sites (N-methyl/N-ethyl adjacent to an activating group) is 1. The molecule has 1 aromatic carbocycles. The summed E-state index contributed by atoms with van der Waals surface area (Å²) in [6, 6.07) is 5.49. The molecule has 1 fully saturated rings. The van der Waals surface area contributed by atoms with Crippen LogP contribution in [0.4, 0.5) is 9.18 Å². The van der Waals surface area contributed by atoms with E-state index in [0.29, 0.717) is 12.1 Å². The first-order valence-corrected chi connectivity index (χ1v) is 8.90. The second-order valence-corrected chi connectivity index (χ2v) is 7.08. The topological polar surface area (TPSA) is 52.7 Å². The lowest BCUT2D eigenvalue weighted by Gasteiger charge is -2.31. The van der Waals surface area contributed by atoms with Crippen LogP contribution < -0.4 is 5.32 Å². The smallest absolute Gasteiger partial charge is 0.322 e. The van der Waals surface area contributed by atoms with Crippen molar-refractivity contribution in [2.75, 3.05) is 13.6 Å². The molecule has 1 N–H and O–H groups in total. The SMILES string of the molecule is CN1C(=O)N[C@@H](c2ccc(F)cc2)C2=C1CN(C1CCCCC1)C2=O. The fourth-order valence-electron chi connectivity index (χ4n) is 4.18. The average Bonchev–Trinajstić information content (AvgIpc) is 2.97. The van der Waals surface area contributed by atoms with E-state index in [9.17, 15) is 14.0 Å². The maximum Gasteiger partial charge on any atom is 0.322 e. The summed E-state index contributed by atoms with van der Waals surface area (Å²) in [5.74, 6) is -0.332. The van der Waals surface area contributed by atoms with Crippen LogP contribution in [0, 0.1) is 5.82 Å². The number of nitrogens with zero attached hydrogens (tertiary/aromatic N) is 2. The zero-order valence-corrected chi connectivity index (χ0v) is 14.3. The van der Waals surface area contributed by atoms with E-state index in [1.807, 2.05) is 4.90 Å². The molecule has 0 aromatic heterocycles.